The molecule has 10 heteroatoms. The normalized spacial score (nSPS) is 16.7. The van der Waals surface area contributed by atoms with E-state index in [1.54, 1.807) is 12.4 Å². The van der Waals surface area contributed by atoms with E-state index in [0.29, 0.717) is 52.5 Å². The molecule has 5 rings (SSSR count). The summed E-state index contributed by atoms with van der Waals surface area (Å²) in [5, 5.41) is 11.8. The second-order valence-corrected chi connectivity index (χ2v) is 18.7. The summed E-state index contributed by atoms with van der Waals surface area (Å²) in [5.74, 6) is 1.55. The van der Waals surface area contributed by atoms with Crippen molar-refractivity contribution in [2.24, 2.45) is 0 Å². The molecule has 3 aromatic carbocycles. The van der Waals surface area contributed by atoms with Crippen LogP contribution in [0.15, 0.2) is 85.2 Å². The Labute approximate surface area is 278 Å². The number of benzene rings is 3. The van der Waals surface area contributed by atoms with Crippen LogP contribution < -0.4 is 9.47 Å². The van der Waals surface area contributed by atoms with Crippen LogP contribution in [-0.2, 0) is 27.4 Å². The van der Waals surface area contributed by atoms with Crippen molar-refractivity contribution in [1.29, 1.82) is 0 Å². The topological polar surface area (TPSA) is 99.6 Å². The SMILES string of the molecule is C[Si](C)(C)CCOCOc1cc(COC2CN(C(=O)O)CCC2c2ccc(OCCOCc3cccnc3)cc2)cc2ccccc12. The summed E-state index contributed by atoms with van der Waals surface area (Å²) >= 11 is 0. The van der Waals surface area contributed by atoms with Crippen LogP contribution in [0.5, 0.6) is 11.5 Å². The van der Waals surface area contributed by atoms with Crippen molar-refractivity contribution < 1.29 is 33.6 Å². The Hall–Kier alpha value is -3.96. The number of carbonyl (C=O) groups is 1. The molecule has 1 fully saturated rings. The zero-order chi connectivity index (χ0) is 33.1. The van der Waals surface area contributed by atoms with Gasteiger partial charge in [0.05, 0.1) is 32.5 Å². The summed E-state index contributed by atoms with van der Waals surface area (Å²) < 4.78 is 30.0. The highest BCUT2D eigenvalue weighted by atomic mass is 28.3. The number of ether oxygens (including phenoxy) is 5. The Morgan fingerprint density at radius 3 is 2.51 bits per heavy atom. The molecule has 0 radical (unpaired) electrons. The predicted molar refractivity (Wildman–Crippen MR) is 185 cm³/mol. The molecule has 1 amide bonds. The van der Waals surface area contributed by atoms with Gasteiger partial charge in [-0.25, -0.2) is 4.79 Å². The van der Waals surface area contributed by atoms with Crippen LogP contribution in [0, 0.1) is 0 Å². The van der Waals surface area contributed by atoms with Gasteiger partial charge in [0, 0.05) is 44.9 Å². The maximum Gasteiger partial charge on any atom is 0.407 e. The minimum atomic E-state index is -1.18. The highest BCUT2D eigenvalue weighted by molar-refractivity contribution is 6.76. The third-order valence-electron chi connectivity index (χ3n) is 8.27. The van der Waals surface area contributed by atoms with Crippen molar-refractivity contribution >= 4 is 24.9 Å². The van der Waals surface area contributed by atoms with E-state index in [1.807, 2.05) is 60.7 Å². The predicted octanol–water partition coefficient (Wildman–Crippen LogP) is 7.57. The lowest BCUT2D eigenvalue weighted by atomic mass is 9.87. The fourth-order valence-electron chi connectivity index (χ4n) is 5.63. The monoisotopic (exact) mass is 658 g/mol. The lowest BCUT2D eigenvalue weighted by Gasteiger charge is -2.37. The molecule has 2 unspecified atom stereocenters. The lowest BCUT2D eigenvalue weighted by molar-refractivity contribution is -0.0201. The van der Waals surface area contributed by atoms with Crippen molar-refractivity contribution in [3.63, 3.8) is 0 Å². The van der Waals surface area contributed by atoms with Gasteiger partial charge in [-0.1, -0.05) is 62.1 Å². The van der Waals surface area contributed by atoms with Crippen molar-refractivity contribution in [1.82, 2.24) is 9.88 Å². The van der Waals surface area contributed by atoms with Crippen LogP contribution in [-0.4, -0.2) is 75.0 Å². The molecule has 1 aromatic heterocycles. The maximum atomic E-state index is 11.9. The van der Waals surface area contributed by atoms with E-state index in [9.17, 15) is 9.90 Å². The van der Waals surface area contributed by atoms with Crippen molar-refractivity contribution in [3.8, 4) is 11.5 Å². The van der Waals surface area contributed by atoms with E-state index in [0.717, 1.165) is 45.0 Å². The van der Waals surface area contributed by atoms with Gasteiger partial charge in [0.15, 0.2) is 6.79 Å². The number of aromatic nitrogens is 1. The molecule has 0 aliphatic carbocycles. The fourth-order valence-corrected chi connectivity index (χ4v) is 6.38. The first-order chi connectivity index (χ1) is 22.7. The van der Waals surface area contributed by atoms with E-state index < -0.39 is 14.2 Å². The minimum Gasteiger partial charge on any atom is -0.491 e. The van der Waals surface area contributed by atoms with Gasteiger partial charge >= 0.3 is 6.09 Å². The molecule has 2 atom stereocenters. The van der Waals surface area contributed by atoms with Gasteiger partial charge < -0.3 is 33.7 Å². The fraction of sp³-hybridized carbons (Fsp3) is 0.405. The van der Waals surface area contributed by atoms with Crippen LogP contribution in [0.4, 0.5) is 4.79 Å². The molecule has 250 valence electrons. The average molecular weight is 659 g/mol. The van der Waals surface area contributed by atoms with Crippen LogP contribution in [0.25, 0.3) is 10.8 Å². The Morgan fingerprint density at radius 1 is 0.915 bits per heavy atom. The Morgan fingerprint density at radius 2 is 1.74 bits per heavy atom. The lowest BCUT2D eigenvalue weighted by Crippen LogP contribution is -2.46. The smallest absolute Gasteiger partial charge is 0.407 e. The quantitative estimate of drug-likeness (QED) is 0.0748. The van der Waals surface area contributed by atoms with Gasteiger partial charge in [-0.3, -0.25) is 4.98 Å². The van der Waals surface area contributed by atoms with Crippen LogP contribution in [0.1, 0.15) is 29.0 Å². The molecule has 0 saturated carbocycles. The summed E-state index contributed by atoms with van der Waals surface area (Å²) in [6.07, 6.45) is 2.96. The standard InChI is InChI=1S/C37H46N2O7Si/c1-47(2,3)20-19-43-27-46-35-22-29(21-31-8-4-5-9-33(31)35)26-45-36-24-39(37(40)41)16-14-34(36)30-10-12-32(13-11-30)44-18-17-42-25-28-7-6-15-38-23-28/h4-13,15,21-23,34,36H,14,16-20,24-27H2,1-3H3,(H,40,41). The number of pyridine rings is 1. The van der Waals surface area contributed by atoms with E-state index in [-0.39, 0.29) is 18.8 Å². The molecule has 47 heavy (non-hydrogen) atoms. The molecule has 0 spiro atoms. The van der Waals surface area contributed by atoms with Crippen molar-refractivity contribution in [2.75, 3.05) is 39.7 Å². The molecule has 9 nitrogen and oxygen atoms in total. The van der Waals surface area contributed by atoms with Gasteiger partial charge in [0.25, 0.3) is 0 Å². The number of nitrogens with zero attached hydrogens (tertiary/aromatic N) is 2. The van der Waals surface area contributed by atoms with E-state index >= 15 is 0 Å². The molecule has 1 saturated heterocycles. The molecule has 1 aliphatic rings. The number of rotatable bonds is 16. The van der Waals surface area contributed by atoms with Gasteiger partial charge in [-0.15, -0.1) is 0 Å². The van der Waals surface area contributed by atoms with E-state index in [4.69, 9.17) is 23.7 Å². The third kappa shape index (κ3) is 10.5. The minimum absolute atomic E-state index is 0.0402. The van der Waals surface area contributed by atoms with Crippen molar-refractivity contribution in [3.05, 3.63) is 102 Å². The Bertz CT molecular complexity index is 1560. The summed E-state index contributed by atoms with van der Waals surface area (Å²) in [5.41, 5.74) is 3.08. The molecular weight excluding hydrogens is 613 g/mol. The number of carboxylic acid groups (broad SMARTS) is 1. The van der Waals surface area contributed by atoms with Crippen LogP contribution in [0.3, 0.4) is 0 Å². The zero-order valence-electron chi connectivity index (χ0n) is 27.6. The number of hydrogen-bond donors (Lipinski definition) is 1. The Kier molecular flexibility index (Phi) is 12.2. The van der Waals surface area contributed by atoms with Crippen LogP contribution >= 0.6 is 0 Å². The molecular formula is C37H46N2O7Si. The number of piperidine rings is 1. The number of amides is 1. The summed E-state index contributed by atoms with van der Waals surface area (Å²) in [6, 6.07) is 25.2. The summed E-state index contributed by atoms with van der Waals surface area (Å²) in [7, 11) is -1.18. The number of likely N-dealkylation sites (tertiary alicyclic amines) is 1. The second kappa shape index (κ2) is 16.7. The van der Waals surface area contributed by atoms with Crippen molar-refractivity contribution in [2.45, 2.75) is 57.3 Å². The zero-order valence-corrected chi connectivity index (χ0v) is 28.6. The first-order valence-electron chi connectivity index (χ1n) is 16.3. The summed E-state index contributed by atoms with van der Waals surface area (Å²) in [4.78, 5) is 17.4. The Balaban J connectivity index is 1.20. The maximum absolute atomic E-state index is 11.9. The first kappa shape index (κ1) is 34.4. The molecule has 1 aliphatic heterocycles. The van der Waals surface area contributed by atoms with Gasteiger partial charge in [-0.2, -0.15) is 0 Å². The largest absolute Gasteiger partial charge is 0.491 e. The average Bonchev–Trinajstić information content (AvgIpc) is 3.07. The molecule has 1 N–H and O–H groups in total. The second-order valence-electron chi connectivity index (χ2n) is 13.1. The summed E-state index contributed by atoms with van der Waals surface area (Å²) in [6.45, 7) is 10.3. The van der Waals surface area contributed by atoms with Gasteiger partial charge in [0.2, 0.25) is 0 Å². The van der Waals surface area contributed by atoms with Gasteiger partial charge in [-0.05, 0) is 64.9 Å². The van der Waals surface area contributed by atoms with E-state index in [2.05, 4.69) is 36.8 Å². The van der Waals surface area contributed by atoms with E-state index in [1.165, 1.54) is 4.90 Å². The third-order valence-corrected chi connectivity index (χ3v) is 9.97. The molecule has 2 heterocycles. The number of fused-ring (bicyclic) bond motifs is 1. The number of hydrogen-bond acceptors (Lipinski definition) is 7. The molecule has 0 bridgehead atoms. The van der Waals surface area contributed by atoms with Crippen LogP contribution in [0.2, 0.25) is 25.7 Å². The first-order valence-corrected chi connectivity index (χ1v) is 20.0. The molecule has 4 aromatic rings. The highest BCUT2D eigenvalue weighted by Crippen LogP contribution is 2.33. The van der Waals surface area contributed by atoms with Gasteiger partial charge in [0.1, 0.15) is 18.1 Å². The highest BCUT2D eigenvalue weighted by Gasteiger charge is 2.33.